The van der Waals surface area contributed by atoms with Crippen molar-refractivity contribution in [3.63, 3.8) is 0 Å². The van der Waals surface area contributed by atoms with E-state index >= 15 is 0 Å². The van der Waals surface area contributed by atoms with Gasteiger partial charge < -0.3 is 14.2 Å². The van der Waals surface area contributed by atoms with Crippen LogP contribution in [0.1, 0.15) is 175 Å². The molecular weight excluding hydrogens is 727 g/mol. The third-order valence-corrected chi connectivity index (χ3v) is 9.58. The Hall–Kier alpha value is -3.96. The van der Waals surface area contributed by atoms with Gasteiger partial charge in [-0.05, 0) is 77.0 Å². The van der Waals surface area contributed by atoms with Crippen LogP contribution in [-0.2, 0) is 48.2 Å². The molecule has 1 aromatic heterocycles. The monoisotopic (exact) mass is 802 g/mol. The molecule has 1 aromatic rings. The highest BCUT2D eigenvalue weighted by Gasteiger charge is 2.17. The molecular formula is C45H75N3O9. The Kier molecular flexibility index (Phi) is 31.6. The van der Waals surface area contributed by atoms with Gasteiger partial charge in [-0.15, -0.1) is 0 Å². The van der Waals surface area contributed by atoms with E-state index in [1.54, 1.807) is 0 Å². The Morgan fingerprint density at radius 2 is 0.632 bits per heavy atom. The minimum Gasteiger partial charge on any atom is -0.464 e. The molecule has 0 spiro atoms. The number of hydrogen-bond donors (Lipinski definition) is 0. The first kappa shape index (κ1) is 51.1. The zero-order valence-corrected chi connectivity index (χ0v) is 35.7. The molecule has 0 bridgehead atoms. The summed E-state index contributed by atoms with van der Waals surface area (Å²) in [5.41, 5.74) is -2.68. The van der Waals surface area contributed by atoms with E-state index in [1.165, 1.54) is 0 Å². The summed E-state index contributed by atoms with van der Waals surface area (Å²) in [6.45, 7) is 4.85. The van der Waals surface area contributed by atoms with Gasteiger partial charge in [0.1, 0.15) is 19.8 Å². The topological polar surface area (TPSA) is 145 Å². The zero-order valence-electron chi connectivity index (χ0n) is 35.7. The number of allylic oxidation sites excluding steroid dienone is 6. The highest BCUT2D eigenvalue weighted by atomic mass is 16.5. The van der Waals surface area contributed by atoms with Crippen molar-refractivity contribution in [3.8, 4) is 0 Å². The molecule has 0 aliphatic heterocycles. The van der Waals surface area contributed by atoms with Crippen LogP contribution in [0.4, 0.5) is 0 Å². The molecule has 324 valence electrons. The maximum Gasteiger partial charge on any atom is 0.336 e. The molecule has 0 saturated heterocycles. The molecule has 0 aliphatic carbocycles. The van der Waals surface area contributed by atoms with Gasteiger partial charge in [0.15, 0.2) is 0 Å². The summed E-state index contributed by atoms with van der Waals surface area (Å²) in [5, 5.41) is 0. The zero-order chi connectivity index (χ0) is 41.8. The minimum absolute atomic E-state index is 0.231. The molecule has 0 amide bonds. The van der Waals surface area contributed by atoms with E-state index in [9.17, 15) is 28.8 Å². The Balaban J connectivity index is 2.76. The first-order valence-corrected chi connectivity index (χ1v) is 22.1. The molecule has 12 nitrogen and oxygen atoms in total. The van der Waals surface area contributed by atoms with Crippen LogP contribution in [0.3, 0.4) is 0 Å². The predicted octanol–water partition coefficient (Wildman–Crippen LogP) is 8.89. The molecule has 0 fully saturated rings. The van der Waals surface area contributed by atoms with Crippen molar-refractivity contribution in [2.24, 2.45) is 0 Å². The molecule has 1 heterocycles. The summed E-state index contributed by atoms with van der Waals surface area (Å²) in [5.74, 6) is -1.26. The average molecular weight is 802 g/mol. The number of carbonyl (C=O) groups excluding carboxylic acids is 3. The highest BCUT2D eigenvalue weighted by Crippen LogP contribution is 2.11. The lowest BCUT2D eigenvalue weighted by atomic mass is 10.1. The molecule has 0 aromatic carbocycles. The number of esters is 3. The van der Waals surface area contributed by atoms with Gasteiger partial charge in [0, 0.05) is 19.3 Å². The second kappa shape index (κ2) is 35.2. The number of nitrogens with zero attached hydrogens (tertiary/aromatic N) is 3. The van der Waals surface area contributed by atoms with Crippen LogP contribution in [0.2, 0.25) is 0 Å². The molecule has 0 unspecified atom stereocenters. The third-order valence-electron chi connectivity index (χ3n) is 9.58. The van der Waals surface area contributed by atoms with Crippen LogP contribution in [0.5, 0.6) is 0 Å². The van der Waals surface area contributed by atoms with Gasteiger partial charge in [-0.3, -0.25) is 14.4 Å². The van der Waals surface area contributed by atoms with Crippen LogP contribution >= 0.6 is 0 Å². The van der Waals surface area contributed by atoms with E-state index in [4.69, 9.17) is 14.2 Å². The molecule has 0 atom stereocenters. The molecule has 0 radical (unpaired) electrons. The van der Waals surface area contributed by atoms with Crippen LogP contribution in [-0.4, -0.2) is 51.4 Å². The van der Waals surface area contributed by atoms with Gasteiger partial charge in [-0.2, -0.15) is 0 Å². The number of ether oxygens (including phenoxy) is 3. The fourth-order valence-corrected chi connectivity index (χ4v) is 6.26. The van der Waals surface area contributed by atoms with Crippen molar-refractivity contribution in [1.82, 2.24) is 13.7 Å². The SMILES string of the molecule is CC/C=C/CCCCCCCC(=O)OCCn1c(=O)n(CCOC(=O)CCCCCCC/C=C/CC)c(=O)n(CCOC(=O)CCCCCCC/C=C/CC)c1=O. The maximum absolute atomic E-state index is 13.4. The summed E-state index contributed by atoms with van der Waals surface area (Å²) in [7, 11) is 0. The highest BCUT2D eigenvalue weighted by molar-refractivity contribution is 5.69. The van der Waals surface area contributed by atoms with E-state index in [0.29, 0.717) is 19.3 Å². The molecule has 1 rings (SSSR count). The minimum atomic E-state index is -0.894. The lowest BCUT2D eigenvalue weighted by Crippen LogP contribution is -2.55. The quantitative estimate of drug-likeness (QED) is 0.0281. The van der Waals surface area contributed by atoms with Crippen LogP contribution < -0.4 is 17.1 Å². The lowest BCUT2D eigenvalue weighted by Gasteiger charge is -2.14. The Morgan fingerprint density at radius 3 is 0.895 bits per heavy atom. The van der Waals surface area contributed by atoms with Crippen molar-refractivity contribution >= 4 is 17.9 Å². The third kappa shape index (κ3) is 25.8. The summed E-state index contributed by atoms with van der Waals surface area (Å²) in [6, 6.07) is 0. The normalized spacial score (nSPS) is 11.6. The fourth-order valence-electron chi connectivity index (χ4n) is 6.26. The average Bonchev–Trinajstić information content (AvgIpc) is 3.19. The summed E-state index contributed by atoms with van der Waals surface area (Å²) in [4.78, 5) is 77.4. The van der Waals surface area contributed by atoms with Crippen LogP contribution in [0, 0.1) is 0 Å². The summed E-state index contributed by atoms with van der Waals surface area (Å²) >= 11 is 0. The second-order valence-electron chi connectivity index (χ2n) is 14.5. The van der Waals surface area contributed by atoms with E-state index in [1.807, 2.05) is 0 Å². The Morgan fingerprint density at radius 1 is 0.386 bits per heavy atom. The van der Waals surface area contributed by atoms with Crippen LogP contribution in [0.15, 0.2) is 50.8 Å². The van der Waals surface area contributed by atoms with Crippen molar-refractivity contribution in [3.05, 3.63) is 67.9 Å². The Labute approximate surface area is 341 Å². The van der Waals surface area contributed by atoms with E-state index in [-0.39, 0.29) is 58.7 Å². The first-order chi connectivity index (χ1) is 27.8. The number of rotatable bonds is 36. The number of aromatic nitrogens is 3. The van der Waals surface area contributed by atoms with Crippen molar-refractivity contribution < 1.29 is 28.6 Å². The van der Waals surface area contributed by atoms with Gasteiger partial charge in [0.05, 0.1) is 19.6 Å². The smallest absolute Gasteiger partial charge is 0.336 e. The van der Waals surface area contributed by atoms with Gasteiger partial charge in [0.25, 0.3) is 0 Å². The van der Waals surface area contributed by atoms with Crippen molar-refractivity contribution in [2.45, 2.75) is 195 Å². The standard InChI is InChI=1S/C45H75N3O9/c1-4-7-10-13-16-19-22-25-28-31-40(49)55-37-34-46-43(52)47(35-38-56-41(50)32-29-26-23-20-17-14-11-8-5-2)45(54)48(44(46)53)36-39-57-42(51)33-30-27-24-21-18-15-12-9-6-3/h7-12H,4-6,13-39H2,1-3H3/b10-7+,11-8+,12-9+. The summed E-state index contributed by atoms with van der Waals surface area (Å²) in [6.07, 6.45) is 34.7. The maximum atomic E-state index is 13.4. The number of hydrogen-bond acceptors (Lipinski definition) is 9. The Bertz CT molecular complexity index is 1300. The van der Waals surface area contributed by atoms with E-state index in [2.05, 4.69) is 57.2 Å². The lowest BCUT2D eigenvalue weighted by molar-refractivity contribution is -0.144. The molecule has 12 heteroatoms. The van der Waals surface area contributed by atoms with E-state index in [0.717, 1.165) is 129 Å². The summed E-state index contributed by atoms with van der Waals surface area (Å²) < 4.78 is 18.5. The van der Waals surface area contributed by atoms with E-state index < -0.39 is 35.0 Å². The second-order valence-corrected chi connectivity index (χ2v) is 14.5. The van der Waals surface area contributed by atoms with Gasteiger partial charge in [-0.25, -0.2) is 28.1 Å². The fraction of sp³-hybridized carbons (Fsp3) is 0.733. The number of unbranched alkanes of at least 4 members (excludes halogenated alkanes) is 15. The number of carbonyl (C=O) groups is 3. The largest absolute Gasteiger partial charge is 0.464 e. The van der Waals surface area contributed by atoms with Gasteiger partial charge in [-0.1, -0.05) is 115 Å². The van der Waals surface area contributed by atoms with Crippen LogP contribution in [0.25, 0.3) is 0 Å². The molecule has 0 N–H and O–H groups in total. The molecule has 0 saturated carbocycles. The van der Waals surface area contributed by atoms with Crippen molar-refractivity contribution in [1.29, 1.82) is 0 Å². The molecule has 57 heavy (non-hydrogen) atoms. The first-order valence-electron chi connectivity index (χ1n) is 22.1. The van der Waals surface area contributed by atoms with Crippen molar-refractivity contribution in [2.75, 3.05) is 19.8 Å². The van der Waals surface area contributed by atoms with Gasteiger partial charge in [0.2, 0.25) is 0 Å². The predicted molar refractivity (Wildman–Crippen MR) is 227 cm³/mol. The van der Waals surface area contributed by atoms with Gasteiger partial charge >= 0.3 is 35.0 Å². The molecule has 0 aliphatic rings.